The van der Waals surface area contributed by atoms with Crippen LogP contribution >= 0.6 is 0 Å². The molecule has 4 nitrogen and oxygen atoms in total. The molecular formula is C23H31F3N4. The first-order valence-corrected chi connectivity index (χ1v) is 10.2. The molecule has 2 aromatic rings. The van der Waals surface area contributed by atoms with E-state index in [1.165, 1.54) is 44.1 Å². The average Bonchev–Trinajstić information content (AvgIpc) is 3.61. The van der Waals surface area contributed by atoms with Crippen molar-refractivity contribution in [1.29, 1.82) is 0 Å². The van der Waals surface area contributed by atoms with Crippen molar-refractivity contribution in [3.63, 3.8) is 0 Å². The molecule has 164 valence electrons. The fourth-order valence-electron chi connectivity index (χ4n) is 2.77. The zero-order valence-corrected chi connectivity index (χ0v) is 18.2. The van der Waals surface area contributed by atoms with E-state index in [2.05, 4.69) is 20.0 Å². The third-order valence-electron chi connectivity index (χ3n) is 4.38. The van der Waals surface area contributed by atoms with Gasteiger partial charge in [0.25, 0.3) is 0 Å². The third kappa shape index (κ3) is 9.29. The predicted octanol–water partition coefficient (Wildman–Crippen LogP) is 6.49. The van der Waals surface area contributed by atoms with Crippen LogP contribution in [0.15, 0.2) is 40.7 Å². The molecule has 1 heterocycles. The Bertz CT molecular complexity index is 794. The standard InChI is InChI=1S/C16H17F3N2.C4H8N2.C3H6/c1-3-4-12(13-6-5-11(17)7-14(13)18)10(2)16-15(19)8-20-9-21-16;1-3-6-4-5-2;1-2-3-1/h5-10,12H,3-4H2,1-2H3;3-4H,1-2H3;1-3H2. The molecule has 7 heteroatoms. The quantitative estimate of drug-likeness (QED) is 0.396. The third-order valence-corrected chi connectivity index (χ3v) is 4.38. The van der Waals surface area contributed by atoms with E-state index >= 15 is 0 Å². The van der Waals surface area contributed by atoms with Gasteiger partial charge in [-0.25, -0.2) is 23.1 Å². The molecule has 0 spiro atoms. The molecule has 2 unspecified atom stereocenters. The number of aliphatic imine (C=N–C) groups is 2. The first-order valence-electron chi connectivity index (χ1n) is 10.2. The lowest BCUT2D eigenvalue weighted by atomic mass is 9.81. The lowest BCUT2D eigenvalue weighted by Gasteiger charge is -2.24. The van der Waals surface area contributed by atoms with Gasteiger partial charge in [0.15, 0.2) is 5.82 Å². The van der Waals surface area contributed by atoms with Crippen LogP contribution in [0.3, 0.4) is 0 Å². The van der Waals surface area contributed by atoms with E-state index in [9.17, 15) is 13.2 Å². The van der Waals surface area contributed by atoms with Gasteiger partial charge < -0.3 is 0 Å². The van der Waals surface area contributed by atoms with Crippen molar-refractivity contribution in [2.45, 2.75) is 64.7 Å². The second-order valence-corrected chi connectivity index (χ2v) is 6.95. The van der Waals surface area contributed by atoms with Gasteiger partial charge in [0.2, 0.25) is 0 Å². The van der Waals surface area contributed by atoms with Crippen molar-refractivity contribution in [3.05, 3.63) is 59.4 Å². The Kier molecular flexibility index (Phi) is 12.2. The van der Waals surface area contributed by atoms with Crippen molar-refractivity contribution in [3.8, 4) is 0 Å². The normalized spacial score (nSPS) is 14.5. The first-order chi connectivity index (χ1) is 14.5. The maximum Gasteiger partial charge on any atom is 0.163 e. The maximum absolute atomic E-state index is 14.0. The summed E-state index contributed by atoms with van der Waals surface area (Å²) in [7, 11) is 1.69. The molecule has 0 bridgehead atoms. The van der Waals surface area contributed by atoms with E-state index in [0.717, 1.165) is 18.7 Å². The van der Waals surface area contributed by atoms with Crippen LogP contribution in [-0.4, -0.2) is 29.6 Å². The summed E-state index contributed by atoms with van der Waals surface area (Å²) in [4.78, 5) is 14.9. The number of rotatable bonds is 6. The molecule has 30 heavy (non-hydrogen) atoms. The van der Waals surface area contributed by atoms with E-state index < -0.39 is 17.5 Å². The van der Waals surface area contributed by atoms with Crippen LogP contribution in [0.2, 0.25) is 0 Å². The summed E-state index contributed by atoms with van der Waals surface area (Å²) in [5, 5.41) is 0. The van der Waals surface area contributed by atoms with Crippen LogP contribution in [-0.2, 0) is 0 Å². The molecule has 0 N–H and O–H groups in total. The Morgan fingerprint density at radius 2 is 1.83 bits per heavy atom. The van der Waals surface area contributed by atoms with Gasteiger partial charge in [-0.05, 0) is 30.9 Å². The van der Waals surface area contributed by atoms with Crippen molar-refractivity contribution < 1.29 is 13.2 Å². The molecule has 0 amide bonds. The first kappa shape index (κ1) is 25.5. The summed E-state index contributed by atoms with van der Waals surface area (Å²) in [5.41, 5.74) is 0.649. The minimum Gasteiger partial charge on any atom is -0.277 e. The van der Waals surface area contributed by atoms with Crippen molar-refractivity contribution in [2.24, 2.45) is 9.98 Å². The minimum absolute atomic E-state index is 0.257. The molecule has 0 saturated heterocycles. The lowest BCUT2D eigenvalue weighted by Crippen LogP contribution is -2.13. The highest BCUT2D eigenvalue weighted by Crippen LogP contribution is 2.37. The summed E-state index contributed by atoms with van der Waals surface area (Å²) < 4.78 is 40.9. The van der Waals surface area contributed by atoms with Crippen LogP contribution in [0, 0.1) is 17.5 Å². The Morgan fingerprint density at radius 1 is 1.13 bits per heavy atom. The molecule has 1 fully saturated rings. The van der Waals surface area contributed by atoms with Gasteiger partial charge >= 0.3 is 0 Å². The lowest BCUT2D eigenvalue weighted by molar-refractivity contribution is 0.463. The van der Waals surface area contributed by atoms with Gasteiger partial charge in [0.1, 0.15) is 24.3 Å². The Hall–Kier alpha value is -2.57. The maximum atomic E-state index is 14.0. The van der Waals surface area contributed by atoms with Crippen molar-refractivity contribution in [2.75, 3.05) is 7.05 Å². The topological polar surface area (TPSA) is 50.5 Å². The van der Waals surface area contributed by atoms with Gasteiger partial charge in [-0.2, -0.15) is 0 Å². The van der Waals surface area contributed by atoms with Crippen molar-refractivity contribution in [1.82, 2.24) is 9.97 Å². The summed E-state index contributed by atoms with van der Waals surface area (Å²) >= 11 is 0. The summed E-state index contributed by atoms with van der Waals surface area (Å²) in [5.74, 6) is -2.32. The molecule has 2 atom stereocenters. The molecule has 1 aliphatic carbocycles. The van der Waals surface area contributed by atoms with Crippen LogP contribution < -0.4 is 0 Å². The number of nitrogens with zero attached hydrogens (tertiary/aromatic N) is 4. The molecule has 1 saturated carbocycles. The van der Waals surface area contributed by atoms with E-state index in [1.807, 2.05) is 13.8 Å². The highest BCUT2D eigenvalue weighted by atomic mass is 19.1. The molecule has 0 radical (unpaired) electrons. The van der Waals surface area contributed by atoms with Crippen LogP contribution in [0.4, 0.5) is 13.2 Å². The molecule has 1 aromatic carbocycles. The number of hydrogen-bond donors (Lipinski definition) is 0. The highest BCUT2D eigenvalue weighted by molar-refractivity contribution is 5.70. The largest absolute Gasteiger partial charge is 0.277 e. The Morgan fingerprint density at radius 3 is 2.30 bits per heavy atom. The van der Waals surface area contributed by atoms with E-state index in [4.69, 9.17) is 0 Å². The molecule has 1 aromatic heterocycles. The summed E-state index contributed by atoms with van der Waals surface area (Å²) in [6.45, 7) is 5.62. The van der Waals surface area contributed by atoms with Gasteiger partial charge in [-0.15, -0.1) is 0 Å². The molecule has 3 rings (SSSR count). The van der Waals surface area contributed by atoms with E-state index in [0.29, 0.717) is 12.0 Å². The SMILES string of the molecule is C1CC1.CC=NC=NC.CCCC(c1ccc(F)cc1F)C(C)c1ncncc1F. The van der Waals surface area contributed by atoms with Crippen LogP contribution in [0.5, 0.6) is 0 Å². The fraction of sp³-hybridized carbons (Fsp3) is 0.478. The van der Waals surface area contributed by atoms with Crippen LogP contribution in [0.25, 0.3) is 0 Å². The summed E-state index contributed by atoms with van der Waals surface area (Å²) in [6, 6.07) is 3.52. The van der Waals surface area contributed by atoms with E-state index in [-0.39, 0.29) is 17.5 Å². The molecule has 1 aliphatic rings. The summed E-state index contributed by atoms with van der Waals surface area (Å²) in [6.07, 6.45) is 11.5. The van der Waals surface area contributed by atoms with Gasteiger partial charge in [0, 0.05) is 25.2 Å². The number of hydrogen-bond acceptors (Lipinski definition) is 3. The second-order valence-electron chi connectivity index (χ2n) is 6.95. The Labute approximate surface area is 177 Å². The smallest absolute Gasteiger partial charge is 0.163 e. The number of halogens is 3. The van der Waals surface area contributed by atoms with Crippen LogP contribution in [0.1, 0.15) is 76.0 Å². The highest BCUT2D eigenvalue weighted by Gasteiger charge is 2.26. The minimum atomic E-state index is -0.618. The number of benzene rings is 1. The van der Waals surface area contributed by atoms with Gasteiger partial charge in [-0.3, -0.25) is 9.98 Å². The molecule has 0 aliphatic heterocycles. The predicted molar refractivity (Wildman–Crippen MR) is 117 cm³/mol. The molecular weight excluding hydrogens is 389 g/mol. The van der Waals surface area contributed by atoms with Crippen molar-refractivity contribution >= 4 is 12.6 Å². The fourth-order valence-corrected chi connectivity index (χ4v) is 2.77. The van der Waals surface area contributed by atoms with Gasteiger partial charge in [-0.1, -0.05) is 45.6 Å². The van der Waals surface area contributed by atoms with E-state index in [1.54, 1.807) is 20.2 Å². The second kappa shape index (κ2) is 14.4. The zero-order valence-electron chi connectivity index (χ0n) is 18.2. The number of aromatic nitrogens is 2. The van der Waals surface area contributed by atoms with Gasteiger partial charge in [0.05, 0.1) is 11.9 Å². The Balaban J connectivity index is 0.000000415. The monoisotopic (exact) mass is 420 g/mol. The average molecular weight is 421 g/mol. The zero-order chi connectivity index (χ0) is 22.4.